The smallest absolute Gasteiger partial charge is 0.323 e. The fraction of sp³-hybridized carbons (Fsp3) is 0.714. The number of aromatic nitrogens is 2. The van der Waals surface area contributed by atoms with Crippen LogP contribution in [0.2, 0.25) is 0 Å². The zero-order valence-electron chi connectivity index (χ0n) is 11.3. The predicted octanol–water partition coefficient (Wildman–Crippen LogP) is 1.75. The first-order valence-electron chi connectivity index (χ1n) is 7.17. The highest BCUT2D eigenvalue weighted by Gasteiger charge is 2.48. The number of aryl methyl sites for hydroxylation is 1. The number of hydrogen-bond acceptors (Lipinski definition) is 3. The van der Waals surface area contributed by atoms with Gasteiger partial charge in [0.1, 0.15) is 11.4 Å². The molecule has 2 atom stereocenters. The number of hydrogen-bond donors (Lipinski definition) is 2. The maximum atomic E-state index is 11.7. The summed E-state index contributed by atoms with van der Waals surface area (Å²) in [5, 5.41) is 13.0. The van der Waals surface area contributed by atoms with Crippen molar-refractivity contribution in [1.29, 1.82) is 0 Å². The quantitative estimate of drug-likeness (QED) is 0.849. The molecule has 0 bridgehead atoms. The summed E-state index contributed by atoms with van der Waals surface area (Å²) < 4.78 is 2.17. The summed E-state index contributed by atoms with van der Waals surface area (Å²) in [5.41, 5.74) is -0.721. The van der Waals surface area contributed by atoms with E-state index in [2.05, 4.69) is 21.8 Å². The highest BCUT2D eigenvalue weighted by molar-refractivity contribution is 5.79. The van der Waals surface area contributed by atoms with Crippen molar-refractivity contribution in [2.24, 2.45) is 0 Å². The average molecular weight is 263 g/mol. The average Bonchev–Trinajstić information content (AvgIpc) is 2.93. The van der Waals surface area contributed by atoms with Crippen LogP contribution in [0.4, 0.5) is 0 Å². The second kappa shape index (κ2) is 4.63. The van der Waals surface area contributed by atoms with Gasteiger partial charge in [-0.3, -0.25) is 10.1 Å². The predicted molar refractivity (Wildman–Crippen MR) is 71.0 cm³/mol. The Balaban J connectivity index is 1.79. The number of carbonyl (C=O) groups is 1. The van der Waals surface area contributed by atoms with E-state index in [1.165, 1.54) is 0 Å². The zero-order valence-corrected chi connectivity index (χ0v) is 11.3. The largest absolute Gasteiger partial charge is 0.480 e. The molecular formula is C14H21N3O2. The van der Waals surface area contributed by atoms with Crippen LogP contribution in [0.3, 0.4) is 0 Å². The Morgan fingerprint density at radius 2 is 2.37 bits per heavy atom. The third kappa shape index (κ3) is 2.27. The molecule has 5 heteroatoms. The van der Waals surface area contributed by atoms with Crippen LogP contribution in [0.1, 0.15) is 50.9 Å². The highest BCUT2D eigenvalue weighted by atomic mass is 16.4. The van der Waals surface area contributed by atoms with Gasteiger partial charge in [0.2, 0.25) is 0 Å². The lowest BCUT2D eigenvalue weighted by molar-refractivity contribution is -0.144. The maximum Gasteiger partial charge on any atom is 0.323 e. The lowest BCUT2D eigenvalue weighted by Gasteiger charge is -2.26. The number of imidazole rings is 1. The van der Waals surface area contributed by atoms with Crippen molar-refractivity contribution in [3.63, 3.8) is 0 Å². The van der Waals surface area contributed by atoms with Crippen molar-refractivity contribution in [1.82, 2.24) is 14.9 Å². The summed E-state index contributed by atoms with van der Waals surface area (Å²) in [4.78, 5) is 16.0. The Labute approximate surface area is 113 Å². The van der Waals surface area contributed by atoms with E-state index in [1.807, 2.05) is 12.4 Å². The second-order valence-electron chi connectivity index (χ2n) is 5.81. The number of nitrogens with one attached hydrogen (secondary N) is 1. The molecule has 1 aromatic heterocycles. The van der Waals surface area contributed by atoms with Gasteiger partial charge in [-0.1, -0.05) is 6.92 Å². The van der Waals surface area contributed by atoms with Gasteiger partial charge in [0, 0.05) is 30.9 Å². The molecule has 2 N–H and O–H groups in total. The highest BCUT2D eigenvalue weighted by Crippen LogP contribution is 2.40. The number of aliphatic carboxylic acids is 1. The molecule has 2 aliphatic carbocycles. The van der Waals surface area contributed by atoms with Crippen LogP contribution in [0.5, 0.6) is 0 Å². The SMILES string of the molecule is CCc1nccn1C1CCC(NC2CC2)(C(=O)O)C1. The summed E-state index contributed by atoms with van der Waals surface area (Å²) >= 11 is 0. The number of carboxylic acids is 1. The van der Waals surface area contributed by atoms with Gasteiger partial charge in [-0.2, -0.15) is 0 Å². The third-order valence-corrected chi connectivity index (χ3v) is 4.41. The molecule has 2 unspecified atom stereocenters. The van der Waals surface area contributed by atoms with E-state index in [-0.39, 0.29) is 6.04 Å². The van der Waals surface area contributed by atoms with Crippen LogP contribution >= 0.6 is 0 Å². The first kappa shape index (κ1) is 12.7. The zero-order chi connectivity index (χ0) is 13.5. The lowest BCUT2D eigenvalue weighted by atomic mass is 9.97. The molecule has 19 heavy (non-hydrogen) atoms. The van der Waals surface area contributed by atoms with E-state index in [4.69, 9.17) is 0 Å². The Hall–Kier alpha value is -1.36. The fourth-order valence-corrected chi connectivity index (χ4v) is 3.21. The van der Waals surface area contributed by atoms with Crippen LogP contribution in [-0.4, -0.2) is 32.2 Å². The van der Waals surface area contributed by atoms with Gasteiger partial charge in [0.25, 0.3) is 0 Å². The van der Waals surface area contributed by atoms with E-state index in [0.29, 0.717) is 18.9 Å². The minimum atomic E-state index is -0.721. The molecule has 0 saturated heterocycles. The summed E-state index contributed by atoms with van der Waals surface area (Å²) in [7, 11) is 0. The van der Waals surface area contributed by atoms with Crippen molar-refractivity contribution >= 4 is 5.97 Å². The van der Waals surface area contributed by atoms with E-state index in [9.17, 15) is 9.90 Å². The van der Waals surface area contributed by atoms with Gasteiger partial charge in [0.15, 0.2) is 0 Å². The van der Waals surface area contributed by atoms with Gasteiger partial charge in [-0.15, -0.1) is 0 Å². The van der Waals surface area contributed by atoms with Crippen molar-refractivity contribution < 1.29 is 9.90 Å². The summed E-state index contributed by atoms with van der Waals surface area (Å²) in [6, 6.07) is 0.683. The van der Waals surface area contributed by atoms with Crippen LogP contribution in [0.25, 0.3) is 0 Å². The molecule has 2 fully saturated rings. The third-order valence-electron chi connectivity index (χ3n) is 4.41. The molecule has 104 valence electrons. The van der Waals surface area contributed by atoms with Crippen molar-refractivity contribution in [3.8, 4) is 0 Å². The molecule has 3 rings (SSSR count). The van der Waals surface area contributed by atoms with E-state index in [0.717, 1.165) is 31.5 Å². The molecule has 0 aliphatic heterocycles. The van der Waals surface area contributed by atoms with Crippen LogP contribution < -0.4 is 5.32 Å². The molecule has 0 spiro atoms. The summed E-state index contributed by atoms with van der Waals surface area (Å²) in [6.45, 7) is 2.08. The van der Waals surface area contributed by atoms with Crippen LogP contribution in [-0.2, 0) is 11.2 Å². The number of rotatable bonds is 5. The van der Waals surface area contributed by atoms with Gasteiger partial charge < -0.3 is 9.67 Å². The van der Waals surface area contributed by atoms with Gasteiger partial charge >= 0.3 is 5.97 Å². The van der Waals surface area contributed by atoms with Crippen LogP contribution in [0.15, 0.2) is 12.4 Å². The van der Waals surface area contributed by atoms with Gasteiger partial charge in [-0.25, -0.2) is 4.98 Å². The summed E-state index contributed by atoms with van der Waals surface area (Å²) in [6.07, 6.45) is 9.21. The Bertz CT molecular complexity index is 481. The minimum absolute atomic E-state index is 0.264. The van der Waals surface area contributed by atoms with Gasteiger partial charge in [-0.05, 0) is 32.1 Å². The molecule has 0 aromatic carbocycles. The van der Waals surface area contributed by atoms with Gasteiger partial charge in [0.05, 0.1) is 0 Å². The molecule has 5 nitrogen and oxygen atoms in total. The molecular weight excluding hydrogens is 242 g/mol. The number of carboxylic acid groups (broad SMARTS) is 1. The Morgan fingerprint density at radius 1 is 1.58 bits per heavy atom. The maximum absolute atomic E-state index is 11.7. The van der Waals surface area contributed by atoms with Crippen molar-refractivity contribution in [2.75, 3.05) is 0 Å². The van der Waals surface area contributed by atoms with Crippen molar-refractivity contribution in [3.05, 3.63) is 18.2 Å². The normalized spacial score (nSPS) is 30.7. The van der Waals surface area contributed by atoms with E-state index < -0.39 is 11.5 Å². The van der Waals surface area contributed by atoms with Crippen molar-refractivity contribution in [2.45, 2.75) is 63.1 Å². The topological polar surface area (TPSA) is 67.2 Å². The molecule has 0 radical (unpaired) electrons. The molecule has 2 aliphatic rings. The monoisotopic (exact) mass is 263 g/mol. The van der Waals surface area contributed by atoms with E-state index in [1.54, 1.807) is 0 Å². The molecule has 2 saturated carbocycles. The molecule has 1 aromatic rings. The van der Waals surface area contributed by atoms with E-state index >= 15 is 0 Å². The standard InChI is InChI=1S/C14H21N3O2/c1-2-12-15-7-8-17(12)11-5-6-14(9-11,13(18)19)16-10-3-4-10/h7-8,10-11,16H,2-6,9H2,1H3,(H,18,19). The van der Waals surface area contributed by atoms with Crippen LogP contribution in [0, 0.1) is 0 Å². The first-order chi connectivity index (χ1) is 9.14. The minimum Gasteiger partial charge on any atom is -0.480 e. The molecule has 1 heterocycles. The fourth-order valence-electron chi connectivity index (χ4n) is 3.21. The Morgan fingerprint density at radius 3 is 3.00 bits per heavy atom. The second-order valence-corrected chi connectivity index (χ2v) is 5.81. The Kier molecular flexibility index (Phi) is 3.09. The summed E-state index contributed by atoms with van der Waals surface area (Å²) in [5.74, 6) is 0.359. The molecule has 0 amide bonds. The number of nitrogens with zero attached hydrogens (tertiary/aromatic N) is 2. The first-order valence-corrected chi connectivity index (χ1v) is 7.17. The lowest BCUT2D eigenvalue weighted by Crippen LogP contribution is -2.51.